The fraction of sp³-hybridized carbons (Fsp3) is 0.364. The Labute approximate surface area is 181 Å². The topological polar surface area (TPSA) is 111 Å². The molecule has 2 amide bonds. The molecule has 162 valence electrons. The number of hydrogen-bond donors (Lipinski definition) is 4. The second-order valence-corrected chi connectivity index (χ2v) is 7.49. The normalized spacial score (nSPS) is 13.3. The maximum atomic E-state index is 12.3. The zero-order chi connectivity index (χ0) is 21.5. The number of aromatic amines is 1. The average Bonchev–Trinajstić information content (AvgIpc) is 3.49. The van der Waals surface area contributed by atoms with E-state index in [1.54, 1.807) is 6.33 Å². The molecule has 3 heterocycles. The third-order valence-corrected chi connectivity index (χ3v) is 5.24. The van der Waals surface area contributed by atoms with Gasteiger partial charge in [0, 0.05) is 55.4 Å². The van der Waals surface area contributed by atoms with Gasteiger partial charge in [0.25, 0.3) is 0 Å². The van der Waals surface area contributed by atoms with E-state index in [9.17, 15) is 4.79 Å². The highest BCUT2D eigenvalue weighted by Crippen LogP contribution is 2.21. The van der Waals surface area contributed by atoms with Crippen molar-refractivity contribution in [3.8, 4) is 0 Å². The van der Waals surface area contributed by atoms with Crippen molar-refractivity contribution < 1.29 is 4.79 Å². The average molecular weight is 421 g/mol. The summed E-state index contributed by atoms with van der Waals surface area (Å²) in [6.07, 6.45) is 9.19. The van der Waals surface area contributed by atoms with Gasteiger partial charge in [-0.15, -0.1) is 0 Å². The molecule has 4 N–H and O–H groups in total. The molecule has 2 aromatic heterocycles. The molecule has 1 aliphatic rings. The number of amides is 2. The smallest absolute Gasteiger partial charge is 0.321 e. The molecule has 1 saturated heterocycles. The summed E-state index contributed by atoms with van der Waals surface area (Å²) in [7, 11) is 0. The number of rotatable bonds is 8. The number of H-pyrrole nitrogens is 1. The van der Waals surface area contributed by atoms with E-state index in [0.717, 1.165) is 73.8 Å². The highest BCUT2D eigenvalue weighted by molar-refractivity contribution is 5.90. The van der Waals surface area contributed by atoms with Gasteiger partial charge in [-0.2, -0.15) is 4.98 Å². The van der Waals surface area contributed by atoms with E-state index in [4.69, 9.17) is 0 Å². The molecule has 1 fully saturated rings. The third kappa shape index (κ3) is 5.50. The summed E-state index contributed by atoms with van der Waals surface area (Å²) in [6.45, 7) is 4.44. The summed E-state index contributed by atoms with van der Waals surface area (Å²) >= 11 is 0. The number of urea groups is 1. The van der Waals surface area contributed by atoms with Crippen LogP contribution in [-0.4, -0.2) is 50.5 Å². The summed E-state index contributed by atoms with van der Waals surface area (Å²) in [4.78, 5) is 30.5. The number of hydrogen-bond acceptors (Lipinski definition) is 6. The van der Waals surface area contributed by atoms with Gasteiger partial charge in [-0.05, 0) is 37.5 Å². The first-order chi connectivity index (χ1) is 15.2. The van der Waals surface area contributed by atoms with Crippen molar-refractivity contribution in [3.63, 3.8) is 0 Å². The minimum Gasteiger partial charge on any atom is -0.369 e. The van der Waals surface area contributed by atoms with Crippen molar-refractivity contribution in [1.29, 1.82) is 0 Å². The van der Waals surface area contributed by atoms with Crippen molar-refractivity contribution in [2.45, 2.75) is 32.6 Å². The number of carbonyl (C=O) groups excluding carboxylic acids is 1. The molecule has 4 rings (SSSR count). The quantitative estimate of drug-likeness (QED) is 0.441. The second-order valence-electron chi connectivity index (χ2n) is 7.49. The molecular weight excluding hydrogens is 392 g/mol. The van der Waals surface area contributed by atoms with Crippen molar-refractivity contribution in [1.82, 2.24) is 24.8 Å². The minimum atomic E-state index is -0.0541. The van der Waals surface area contributed by atoms with Crippen molar-refractivity contribution in [2.75, 3.05) is 35.6 Å². The molecule has 31 heavy (non-hydrogen) atoms. The van der Waals surface area contributed by atoms with Gasteiger partial charge in [0.2, 0.25) is 5.95 Å². The van der Waals surface area contributed by atoms with Gasteiger partial charge in [0.05, 0.1) is 12.0 Å². The Hall–Kier alpha value is -3.62. The summed E-state index contributed by atoms with van der Waals surface area (Å²) in [5.74, 6) is 1.32. The van der Waals surface area contributed by atoms with Crippen LogP contribution >= 0.6 is 0 Å². The molecule has 0 atom stereocenters. The first-order valence-electron chi connectivity index (χ1n) is 10.7. The number of nitrogens with one attached hydrogen (secondary N) is 4. The molecule has 0 unspecified atom stereocenters. The number of likely N-dealkylation sites (tertiary alicyclic amines) is 1. The molecule has 3 aromatic rings. The number of carbonyl (C=O) groups is 1. The van der Waals surface area contributed by atoms with Crippen LogP contribution in [0, 0.1) is 0 Å². The summed E-state index contributed by atoms with van der Waals surface area (Å²) in [5, 5.41) is 9.59. The largest absolute Gasteiger partial charge is 0.369 e. The number of benzene rings is 1. The molecule has 0 saturated carbocycles. The lowest BCUT2D eigenvalue weighted by molar-refractivity contribution is 0.222. The summed E-state index contributed by atoms with van der Waals surface area (Å²) < 4.78 is 0. The first-order valence-corrected chi connectivity index (χ1v) is 10.7. The molecule has 0 bridgehead atoms. The van der Waals surface area contributed by atoms with Gasteiger partial charge in [-0.3, -0.25) is 0 Å². The highest BCUT2D eigenvalue weighted by Gasteiger charge is 2.17. The maximum absolute atomic E-state index is 12.3. The molecule has 9 heteroatoms. The first kappa shape index (κ1) is 20.6. The van der Waals surface area contributed by atoms with E-state index in [1.165, 1.54) is 0 Å². The lowest BCUT2D eigenvalue weighted by Gasteiger charge is -2.16. The monoisotopic (exact) mass is 420 g/mol. The number of aromatic nitrogens is 4. The number of nitrogens with zero attached hydrogens (tertiary/aromatic N) is 4. The fourth-order valence-electron chi connectivity index (χ4n) is 3.54. The predicted molar refractivity (Wildman–Crippen MR) is 122 cm³/mol. The maximum Gasteiger partial charge on any atom is 0.321 e. The van der Waals surface area contributed by atoms with Crippen LogP contribution in [0.15, 0.2) is 43.0 Å². The summed E-state index contributed by atoms with van der Waals surface area (Å²) in [6, 6.07) is 7.53. The van der Waals surface area contributed by atoms with E-state index in [1.807, 2.05) is 41.6 Å². The Morgan fingerprint density at radius 3 is 2.81 bits per heavy atom. The van der Waals surface area contributed by atoms with Crippen LogP contribution in [0.3, 0.4) is 0 Å². The van der Waals surface area contributed by atoms with Crippen LogP contribution < -0.4 is 16.0 Å². The number of imidazole rings is 1. The van der Waals surface area contributed by atoms with Crippen molar-refractivity contribution in [2.24, 2.45) is 0 Å². The van der Waals surface area contributed by atoms with Crippen molar-refractivity contribution in [3.05, 3.63) is 54.2 Å². The Bertz CT molecular complexity index is 999. The van der Waals surface area contributed by atoms with Crippen LogP contribution in [0.25, 0.3) is 0 Å². The predicted octanol–water partition coefficient (Wildman–Crippen LogP) is 3.79. The number of anilines is 4. The zero-order valence-electron chi connectivity index (χ0n) is 17.7. The standard InChI is InChI=1S/C22H28N8O/c1-2-16-13-25-21(29-20(16)24-9-8-19-14-23-15-26-19)27-17-6-5-7-18(12-17)28-22(31)30-10-3-4-11-30/h5-7,12-15H,2-4,8-11H2,1H3,(H,23,26)(H,28,31)(H2,24,25,27,29). The van der Waals surface area contributed by atoms with Gasteiger partial charge in [0.15, 0.2) is 0 Å². The molecule has 0 aliphatic carbocycles. The Kier molecular flexibility index (Phi) is 6.61. The molecule has 9 nitrogen and oxygen atoms in total. The van der Waals surface area contributed by atoms with Gasteiger partial charge in [-0.25, -0.2) is 14.8 Å². The third-order valence-electron chi connectivity index (χ3n) is 5.24. The van der Waals surface area contributed by atoms with Gasteiger partial charge in [-0.1, -0.05) is 13.0 Å². The van der Waals surface area contributed by atoms with Gasteiger partial charge < -0.3 is 25.8 Å². The van der Waals surface area contributed by atoms with Crippen LogP contribution in [-0.2, 0) is 12.8 Å². The minimum absolute atomic E-state index is 0.0541. The van der Waals surface area contributed by atoms with E-state index in [-0.39, 0.29) is 6.03 Å². The Morgan fingerprint density at radius 1 is 1.19 bits per heavy atom. The lowest BCUT2D eigenvalue weighted by atomic mass is 10.2. The zero-order valence-corrected chi connectivity index (χ0v) is 17.7. The second kappa shape index (κ2) is 9.92. The SMILES string of the molecule is CCc1cnc(Nc2cccc(NC(=O)N3CCCC3)c2)nc1NCCc1c[nH]cn1. The van der Waals surface area contributed by atoms with E-state index < -0.39 is 0 Å². The lowest BCUT2D eigenvalue weighted by Crippen LogP contribution is -2.32. The van der Waals surface area contributed by atoms with Gasteiger partial charge in [0.1, 0.15) is 5.82 Å². The van der Waals surface area contributed by atoms with Crippen LogP contribution in [0.5, 0.6) is 0 Å². The molecular formula is C22H28N8O. The summed E-state index contributed by atoms with van der Waals surface area (Å²) in [5.41, 5.74) is 3.61. The Morgan fingerprint density at radius 2 is 2.03 bits per heavy atom. The molecule has 1 aromatic carbocycles. The van der Waals surface area contributed by atoms with Crippen molar-refractivity contribution >= 4 is 29.2 Å². The molecule has 0 radical (unpaired) electrons. The van der Waals surface area contributed by atoms with Crippen LogP contribution in [0.2, 0.25) is 0 Å². The van der Waals surface area contributed by atoms with Gasteiger partial charge >= 0.3 is 6.03 Å². The molecule has 1 aliphatic heterocycles. The number of aryl methyl sites for hydroxylation is 1. The van der Waals surface area contributed by atoms with E-state index in [0.29, 0.717) is 5.95 Å². The van der Waals surface area contributed by atoms with E-state index >= 15 is 0 Å². The van der Waals surface area contributed by atoms with Crippen LogP contribution in [0.4, 0.5) is 27.9 Å². The highest BCUT2D eigenvalue weighted by atomic mass is 16.2. The van der Waals surface area contributed by atoms with Crippen LogP contribution in [0.1, 0.15) is 31.0 Å². The van der Waals surface area contributed by atoms with E-state index in [2.05, 4.69) is 42.8 Å². The molecule has 0 spiro atoms. The fourth-order valence-corrected chi connectivity index (χ4v) is 3.54. The Balaban J connectivity index is 1.40.